The van der Waals surface area contributed by atoms with Crippen molar-refractivity contribution < 1.29 is 9.59 Å². The first-order valence-corrected chi connectivity index (χ1v) is 8.18. The van der Waals surface area contributed by atoms with Crippen molar-refractivity contribution in [2.45, 2.75) is 33.6 Å². The van der Waals surface area contributed by atoms with E-state index in [1.165, 1.54) is 6.92 Å². The molecule has 2 rings (SSSR count). The van der Waals surface area contributed by atoms with Gasteiger partial charge in [0.15, 0.2) is 5.78 Å². The third-order valence-electron chi connectivity index (χ3n) is 3.93. The lowest BCUT2D eigenvalue weighted by Gasteiger charge is -2.13. The summed E-state index contributed by atoms with van der Waals surface area (Å²) in [7, 11) is 0. The summed E-state index contributed by atoms with van der Waals surface area (Å²) < 4.78 is 0. The number of hydrogen-bond acceptors (Lipinski definition) is 4. The van der Waals surface area contributed by atoms with E-state index in [1.807, 2.05) is 32.0 Å². The molecule has 0 aliphatic rings. The maximum absolute atomic E-state index is 12.1. The second kappa shape index (κ2) is 8.24. The number of nitrogens with one attached hydrogen (secondary N) is 2. The fourth-order valence-corrected chi connectivity index (χ4v) is 2.41. The van der Waals surface area contributed by atoms with Crippen LogP contribution < -0.4 is 10.6 Å². The molecule has 24 heavy (non-hydrogen) atoms. The molecule has 0 saturated heterocycles. The van der Waals surface area contributed by atoms with Gasteiger partial charge in [-0.25, -0.2) is 4.98 Å². The lowest BCUT2D eigenvalue weighted by Crippen LogP contribution is -2.21. The van der Waals surface area contributed by atoms with E-state index >= 15 is 0 Å². The molecular formula is C19H23N3O2. The number of benzene rings is 1. The van der Waals surface area contributed by atoms with Gasteiger partial charge in [-0.15, -0.1) is 0 Å². The van der Waals surface area contributed by atoms with E-state index in [4.69, 9.17) is 0 Å². The number of carbonyl (C=O) groups is 2. The van der Waals surface area contributed by atoms with Gasteiger partial charge in [0.05, 0.1) is 11.9 Å². The van der Waals surface area contributed by atoms with Crippen LogP contribution in [0.3, 0.4) is 0 Å². The zero-order valence-corrected chi connectivity index (χ0v) is 14.3. The Kier molecular flexibility index (Phi) is 6.07. The highest BCUT2D eigenvalue weighted by Crippen LogP contribution is 2.18. The van der Waals surface area contributed by atoms with Gasteiger partial charge in [-0.3, -0.25) is 9.59 Å². The van der Waals surface area contributed by atoms with Crippen LogP contribution in [0.2, 0.25) is 0 Å². The van der Waals surface area contributed by atoms with Gasteiger partial charge in [-0.05, 0) is 44.0 Å². The molecule has 5 heteroatoms. The van der Waals surface area contributed by atoms with Gasteiger partial charge >= 0.3 is 0 Å². The first kappa shape index (κ1) is 17.7. The van der Waals surface area contributed by atoms with E-state index in [9.17, 15) is 9.59 Å². The zero-order valence-electron chi connectivity index (χ0n) is 14.3. The lowest BCUT2D eigenvalue weighted by atomic mass is 10.0. The molecule has 1 heterocycles. The van der Waals surface area contributed by atoms with Gasteiger partial charge in [-0.2, -0.15) is 0 Å². The first-order chi connectivity index (χ1) is 11.5. The molecule has 0 unspecified atom stereocenters. The molecule has 0 aliphatic carbocycles. The molecule has 5 nitrogen and oxygen atoms in total. The molecule has 126 valence electrons. The lowest BCUT2D eigenvalue weighted by molar-refractivity contribution is -0.120. The van der Waals surface area contributed by atoms with Crippen molar-refractivity contribution >= 4 is 28.9 Å². The average molecular weight is 325 g/mol. The number of ketones is 1. The van der Waals surface area contributed by atoms with Crippen LogP contribution in [0, 0.1) is 5.92 Å². The Hall–Kier alpha value is -2.69. The molecule has 0 spiro atoms. The largest absolute Gasteiger partial charge is 0.340 e. The van der Waals surface area contributed by atoms with Gasteiger partial charge < -0.3 is 10.6 Å². The van der Waals surface area contributed by atoms with Crippen LogP contribution in [-0.2, 0) is 4.79 Å². The molecule has 0 radical (unpaired) electrons. The molecule has 2 N–H and O–H groups in total. The van der Waals surface area contributed by atoms with E-state index in [2.05, 4.69) is 15.6 Å². The predicted molar refractivity (Wildman–Crippen MR) is 96.7 cm³/mol. The Balaban J connectivity index is 2.03. The Morgan fingerprint density at radius 2 is 1.83 bits per heavy atom. The fourth-order valence-electron chi connectivity index (χ4n) is 2.41. The number of amides is 1. The SMILES string of the molecule is CCC(CC)C(=O)Nc1ccc(Nc2cccc(C(C)=O)c2)nc1. The molecule has 1 amide bonds. The topological polar surface area (TPSA) is 71.1 Å². The van der Waals surface area contributed by atoms with E-state index in [-0.39, 0.29) is 17.6 Å². The quantitative estimate of drug-likeness (QED) is 0.740. The summed E-state index contributed by atoms with van der Waals surface area (Å²) in [5.41, 5.74) is 2.12. The molecule has 0 atom stereocenters. The smallest absolute Gasteiger partial charge is 0.227 e. The molecule has 0 fully saturated rings. The second-order valence-electron chi connectivity index (χ2n) is 5.70. The van der Waals surface area contributed by atoms with E-state index in [0.717, 1.165) is 18.5 Å². The minimum absolute atomic E-state index is 0.0195. The van der Waals surface area contributed by atoms with Crippen molar-refractivity contribution in [3.8, 4) is 0 Å². The zero-order chi connectivity index (χ0) is 17.5. The Bertz CT molecular complexity index is 707. The highest BCUT2D eigenvalue weighted by atomic mass is 16.2. The molecular weight excluding hydrogens is 302 g/mol. The van der Waals surface area contributed by atoms with Gasteiger partial charge in [0, 0.05) is 17.2 Å². The van der Waals surface area contributed by atoms with E-state index in [1.54, 1.807) is 24.4 Å². The van der Waals surface area contributed by atoms with Crippen molar-refractivity contribution in [1.82, 2.24) is 4.98 Å². The predicted octanol–water partition coefficient (Wildman–Crippen LogP) is 4.40. The van der Waals surface area contributed by atoms with Crippen LogP contribution in [0.4, 0.5) is 17.2 Å². The second-order valence-corrected chi connectivity index (χ2v) is 5.70. The van der Waals surface area contributed by atoms with E-state index < -0.39 is 0 Å². The van der Waals surface area contributed by atoms with Crippen LogP contribution in [0.1, 0.15) is 44.0 Å². The summed E-state index contributed by atoms with van der Waals surface area (Å²) in [4.78, 5) is 27.8. The molecule has 0 aliphatic heterocycles. The van der Waals surface area contributed by atoms with Gasteiger partial charge in [0.25, 0.3) is 0 Å². The number of nitrogens with zero attached hydrogens (tertiary/aromatic N) is 1. The van der Waals surface area contributed by atoms with Gasteiger partial charge in [0.2, 0.25) is 5.91 Å². The number of anilines is 3. The molecule has 1 aromatic heterocycles. The third kappa shape index (κ3) is 4.65. The summed E-state index contributed by atoms with van der Waals surface area (Å²) in [6, 6.07) is 10.9. The van der Waals surface area contributed by atoms with Crippen LogP contribution in [0.5, 0.6) is 0 Å². The van der Waals surface area contributed by atoms with Gasteiger partial charge in [-0.1, -0.05) is 26.0 Å². The summed E-state index contributed by atoms with van der Waals surface area (Å²) >= 11 is 0. The molecule has 0 saturated carbocycles. The maximum atomic E-state index is 12.1. The number of Topliss-reactive ketones (excluding diaryl/α,β-unsaturated/α-hetero) is 1. The van der Waals surface area contributed by atoms with Crippen LogP contribution in [0.25, 0.3) is 0 Å². The fraction of sp³-hybridized carbons (Fsp3) is 0.316. The normalized spacial score (nSPS) is 10.5. The van der Waals surface area contributed by atoms with Crippen molar-refractivity contribution in [3.63, 3.8) is 0 Å². The van der Waals surface area contributed by atoms with Crippen LogP contribution >= 0.6 is 0 Å². The highest BCUT2D eigenvalue weighted by Gasteiger charge is 2.14. The first-order valence-electron chi connectivity index (χ1n) is 8.18. The summed E-state index contributed by atoms with van der Waals surface area (Å²) in [5.74, 6) is 0.719. The van der Waals surface area contributed by atoms with Crippen molar-refractivity contribution in [3.05, 3.63) is 48.2 Å². The maximum Gasteiger partial charge on any atom is 0.227 e. The highest BCUT2D eigenvalue weighted by molar-refractivity contribution is 5.95. The van der Waals surface area contributed by atoms with E-state index in [0.29, 0.717) is 17.1 Å². The summed E-state index contributed by atoms with van der Waals surface area (Å²) in [6.45, 7) is 5.55. The number of rotatable bonds is 7. The monoisotopic (exact) mass is 325 g/mol. The minimum Gasteiger partial charge on any atom is -0.340 e. The summed E-state index contributed by atoms with van der Waals surface area (Å²) in [5, 5.41) is 6.03. The average Bonchev–Trinajstić information content (AvgIpc) is 2.58. The number of carbonyl (C=O) groups excluding carboxylic acids is 2. The number of aromatic nitrogens is 1. The Labute approximate surface area is 142 Å². The Morgan fingerprint density at radius 3 is 2.42 bits per heavy atom. The summed E-state index contributed by atoms with van der Waals surface area (Å²) in [6.07, 6.45) is 3.27. The van der Waals surface area contributed by atoms with Crippen molar-refractivity contribution in [1.29, 1.82) is 0 Å². The molecule has 2 aromatic rings. The van der Waals surface area contributed by atoms with Crippen LogP contribution in [0.15, 0.2) is 42.6 Å². The third-order valence-corrected chi connectivity index (χ3v) is 3.93. The standard InChI is InChI=1S/C19H23N3O2/c1-4-14(5-2)19(24)22-17-9-10-18(20-12-17)21-16-8-6-7-15(11-16)13(3)23/h6-12,14H,4-5H2,1-3H3,(H,20,21)(H,22,24). The van der Waals surface area contributed by atoms with Crippen LogP contribution in [-0.4, -0.2) is 16.7 Å². The number of pyridine rings is 1. The van der Waals surface area contributed by atoms with Crippen molar-refractivity contribution in [2.75, 3.05) is 10.6 Å². The minimum atomic E-state index is 0.0195. The molecule has 1 aromatic carbocycles. The molecule has 0 bridgehead atoms. The van der Waals surface area contributed by atoms with Crippen molar-refractivity contribution in [2.24, 2.45) is 5.92 Å². The Morgan fingerprint density at radius 1 is 1.08 bits per heavy atom. The number of hydrogen-bond donors (Lipinski definition) is 2. The van der Waals surface area contributed by atoms with Gasteiger partial charge in [0.1, 0.15) is 5.82 Å².